The predicted molar refractivity (Wildman–Crippen MR) is 125 cm³/mol. The molecule has 0 aliphatic carbocycles. The summed E-state index contributed by atoms with van der Waals surface area (Å²) < 4.78 is 23.0. The van der Waals surface area contributed by atoms with Gasteiger partial charge in [-0.05, 0) is 49.7 Å². The molecule has 0 bridgehead atoms. The number of benzene rings is 3. The van der Waals surface area contributed by atoms with Crippen molar-refractivity contribution < 1.29 is 23.4 Å². The van der Waals surface area contributed by atoms with Gasteiger partial charge < -0.3 is 18.6 Å². The fourth-order valence-corrected chi connectivity index (χ4v) is 3.49. The Morgan fingerprint density at radius 1 is 0.879 bits per heavy atom. The van der Waals surface area contributed by atoms with E-state index >= 15 is 0 Å². The van der Waals surface area contributed by atoms with Gasteiger partial charge in [-0.25, -0.2) is 0 Å². The molecule has 0 radical (unpaired) electrons. The van der Waals surface area contributed by atoms with E-state index in [1.807, 2.05) is 57.2 Å². The lowest BCUT2D eigenvalue weighted by Gasteiger charge is -2.16. The highest BCUT2D eigenvalue weighted by Gasteiger charge is 2.20. The second kappa shape index (κ2) is 10.0. The van der Waals surface area contributed by atoms with E-state index < -0.39 is 0 Å². The van der Waals surface area contributed by atoms with Crippen molar-refractivity contribution in [1.82, 2.24) is 10.2 Å². The molecule has 0 aliphatic rings. The smallest absolute Gasteiger partial charge is 0.322 e. The molecule has 3 aromatic carbocycles. The lowest BCUT2D eigenvalue weighted by Crippen LogP contribution is -2.12. The van der Waals surface area contributed by atoms with Crippen LogP contribution in [-0.4, -0.2) is 35.9 Å². The maximum atomic E-state index is 12.9. The Morgan fingerprint density at radius 2 is 1.55 bits per heavy atom. The van der Waals surface area contributed by atoms with E-state index in [0.717, 1.165) is 10.8 Å². The number of amides is 1. The molecule has 8 nitrogen and oxygen atoms in total. The molecule has 0 spiro atoms. The number of ether oxygens (including phenoxy) is 3. The zero-order chi connectivity index (χ0) is 23.2. The van der Waals surface area contributed by atoms with Crippen LogP contribution in [0.4, 0.5) is 6.01 Å². The van der Waals surface area contributed by atoms with Crippen LogP contribution in [0, 0.1) is 0 Å². The molecule has 33 heavy (non-hydrogen) atoms. The quantitative estimate of drug-likeness (QED) is 0.370. The number of carbonyl (C=O) groups is 1. The van der Waals surface area contributed by atoms with Gasteiger partial charge in [-0.1, -0.05) is 41.5 Å². The number of fused-ring (bicyclic) bond motifs is 1. The van der Waals surface area contributed by atoms with Gasteiger partial charge in [0, 0.05) is 11.1 Å². The van der Waals surface area contributed by atoms with Crippen LogP contribution in [0.3, 0.4) is 0 Å². The number of nitrogens with one attached hydrogen (secondary N) is 1. The summed E-state index contributed by atoms with van der Waals surface area (Å²) >= 11 is 0. The van der Waals surface area contributed by atoms with Gasteiger partial charge in [0.1, 0.15) is 0 Å². The third-order valence-electron chi connectivity index (χ3n) is 4.84. The maximum Gasteiger partial charge on any atom is 0.322 e. The molecule has 8 heteroatoms. The van der Waals surface area contributed by atoms with Crippen molar-refractivity contribution in [3.63, 3.8) is 0 Å². The van der Waals surface area contributed by atoms with E-state index in [1.165, 1.54) is 0 Å². The predicted octanol–water partition coefficient (Wildman–Crippen LogP) is 5.34. The number of hydrogen-bond acceptors (Lipinski definition) is 7. The van der Waals surface area contributed by atoms with Gasteiger partial charge in [0.2, 0.25) is 11.6 Å². The van der Waals surface area contributed by atoms with Crippen molar-refractivity contribution in [3.8, 4) is 28.7 Å². The van der Waals surface area contributed by atoms with Gasteiger partial charge in [0.15, 0.2) is 11.5 Å². The molecule has 0 fully saturated rings. The normalized spacial score (nSPS) is 10.8. The Hall–Kier alpha value is -4.07. The summed E-state index contributed by atoms with van der Waals surface area (Å²) in [4.78, 5) is 12.9. The summed E-state index contributed by atoms with van der Waals surface area (Å²) in [5, 5.41) is 12.6. The molecule has 1 N–H and O–H groups in total. The zero-order valence-corrected chi connectivity index (χ0v) is 18.8. The zero-order valence-electron chi connectivity index (χ0n) is 18.8. The van der Waals surface area contributed by atoms with Crippen LogP contribution >= 0.6 is 0 Å². The van der Waals surface area contributed by atoms with Crippen LogP contribution in [0.25, 0.3) is 22.2 Å². The van der Waals surface area contributed by atoms with E-state index in [2.05, 4.69) is 15.5 Å². The van der Waals surface area contributed by atoms with Crippen LogP contribution in [-0.2, 0) is 0 Å². The van der Waals surface area contributed by atoms with Crippen LogP contribution < -0.4 is 19.5 Å². The molecule has 4 aromatic rings. The summed E-state index contributed by atoms with van der Waals surface area (Å²) in [6, 6.07) is 16.7. The Balaban J connectivity index is 1.63. The molecule has 1 aromatic heterocycles. The largest absolute Gasteiger partial charge is 0.490 e. The van der Waals surface area contributed by atoms with E-state index in [1.54, 1.807) is 18.2 Å². The average molecular weight is 447 g/mol. The second-order valence-electron chi connectivity index (χ2n) is 6.99. The van der Waals surface area contributed by atoms with Crippen LogP contribution in [0.15, 0.2) is 59.0 Å². The monoisotopic (exact) mass is 447 g/mol. The molecule has 0 atom stereocenters. The number of nitrogens with zero attached hydrogens (tertiary/aromatic N) is 2. The van der Waals surface area contributed by atoms with Gasteiger partial charge >= 0.3 is 6.01 Å². The summed E-state index contributed by atoms with van der Waals surface area (Å²) in [6.45, 7) is 7.02. The molecule has 0 aliphatic heterocycles. The highest BCUT2D eigenvalue weighted by atomic mass is 16.5. The molecular formula is C25H25N3O5. The first kappa shape index (κ1) is 22.1. The van der Waals surface area contributed by atoms with Crippen molar-refractivity contribution in [2.45, 2.75) is 20.8 Å². The minimum absolute atomic E-state index is 0.00672. The number of aromatic nitrogens is 2. The Kier molecular flexibility index (Phi) is 6.73. The third kappa shape index (κ3) is 4.74. The first-order chi connectivity index (χ1) is 16.1. The lowest BCUT2D eigenvalue weighted by molar-refractivity contribution is 0.102. The number of rotatable bonds is 9. The summed E-state index contributed by atoms with van der Waals surface area (Å²) in [7, 11) is 0. The van der Waals surface area contributed by atoms with Gasteiger partial charge in [-0.15, -0.1) is 5.10 Å². The number of hydrogen-bond donors (Lipinski definition) is 1. The van der Waals surface area contributed by atoms with Crippen molar-refractivity contribution >= 4 is 22.7 Å². The Labute approximate surface area is 191 Å². The van der Waals surface area contributed by atoms with Crippen LogP contribution in [0.1, 0.15) is 31.1 Å². The first-order valence-electron chi connectivity index (χ1n) is 10.8. The van der Waals surface area contributed by atoms with E-state index in [-0.39, 0.29) is 17.8 Å². The SMILES string of the molecule is CCOc1cc(-c2nnc(NC(=O)c3cccc4ccccc34)o2)cc(OCC)c1OCC. The number of carbonyl (C=O) groups excluding carboxylic acids is 1. The fourth-order valence-electron chi connectivity index (χ4n) is 3.49. The van der Waals surface area contributed by atoms with Crippen LogP contribution in [0.5, 0.6) is 17.2 Å². The second-order valence-corrected chi connectivity index (χ2v) is 6.99. The molecule has 4 rings (SSSR count). The maximum absolute atomic E-state index is 12.9. The van der Waals surface area contributed by atoms with E-state index in [4.69, 9.17) is 18.6 Å². The molecular weight excluding hydrogens is 422 g/mol. The number of anilines is 1. The summed E-state index contributed by atoms with van der Waals surface area (Å²) in [5.41, 5.74) is 1.11. The molecule has 1 heterocycles. The van der Waals surface area contributed by atoms with Crippen LogP contribution in [0.2, 0.25) is 0 Å². The van der Waals surface area contributed by atoms with Crippen molar-refractivity contribution in [1.29, 1.82) is 0 Å². The minimum Gasteiger partial charge on any atom is -0.490 e. The molecule has 170 valence electrons. The fraction of sp³-hybridized carbons (Fsp3) is 0.240. The topological polar surface area (TPSA) is 95.7 Å². The molecule has 0 unspecified atom stereocenters. The highest BCUT2D eigenvalue weighted by molar-refractivity contribution is 6.12. The van der Waals surface area contributed by atoms with E-state index in [9.17, 15) is 4.79 Å². The minimum atomic E-state index is -0.335. The average Bonchev–Trinajstić information content (AvgIpc) is 3.29. The first-order valence-corrected chi connectivity index (χ1v) is 10.8. The Bertz CT molecular complexity index is 1240. The van der Waals surface area contributed by atoms with Gasteiger partial charge in [-0.3, -0.25) is 10.1 Å². The van der Waals surface area contributed by atoms with E-state index in [0.29, 0.717) is 48.2 Å². The lowest BCUT2D eigenvalue weighted by atomic mass is 10.0. The van der Waals surface area contributed by atoms with Gasteiger partial charge in [0.05, 0.1) is 19.8 Å². The third-order valence-corrected chi connectivity index (χ3v) is 4.84. The highest BCUT2D eigenvalue weighted by Crippen LogP contribution is 2.41. The summed E-state index contributed by atoms with van der Waals surface area (Å²) in [6.07, 6.45) is 0. The Morgan fingerprint density at radius 3 is 2.24 bits per heavy atom. The molecule has 0 saturated heterocycles. The van der Waals surface area contributed by atoms with Gasteiger partial charge in [0.25, 0.3) is 5.91 Å². The van der Waals surface area contributed by atoms with Crippen molar-refractivity contribution in [3.05, 3.63) is 60.2 Å². The van der Waals surface area contributed by atoms with Gasteiger partial charge in [-0.2, -0.15) is 0 Å². The molecule has 0 saturated carbocycles. The summed E-state index contributed by atoms with van der Waals surface area (Å²) in [5.74, 6) is 1.43. The van der Waals surface area contributed by atoms with Crippen molar-refractivity contribution in [2.24, 2.45) is 0 Å². The standard InChI is InChI=1S/C25H25N3O5/c1-4-30-20-14-17(15-21(31-5-2)22(20)32-6-3)24-27-28-25(33-24)26-23(29)19-13-9-11-16-10-7-8-12-18(16)19/h7-15H,4-6H2,1-3H3,(H,26,28,29). The van der Waals surface area contributed by atoms with Crippen molar-refractivity contribution in [2.75, 3.05) is 25.1 Å². The molecule has 1 amide bonds.